The number of rotatable bonds is 12. The third-order valence-corrected chi connectivity index (χ3v) is 7.78. The number of nitrogens with zero attached hydrogens (tertiary/aromatic N) is 1. The van der Waals surface area contributed by atoms with E-state index in [1.54, 1.807) is 24.3 Å². The minimum atomic E-state index is -3.57. The quantitative estimate of drug-likeness (QED) is 0.290. The largest absolute Gasteiger partial charge is 0.492 e. The summed E-state index contributed by atoms with van der Waals surface area (Å²) in [5.41, 5.74) is 2.05. The lowest BCUT2D eigenvalue weighted by Crippen LogP contribution is -2.32. The molecule has 1 amide bonds. The van der Waals surface area contributed by atoms with E-state index in [4.69, 9.17) is 4.74 Å². The van der Waals surface area contributed by atoms with Crippen LogP contribution in [0.15, 0.2) is 82.2 Å². The van der Waals surface area contributed by atoms with Crippen molar-refractivity contribution in [2.45, 2.75) is 38.0 Å². The molecule has 35 heavy (non-hydrogen) atoms. The molecule has 0 aromatic heterocycles. The van der Waals surface area contributed by atoms with Crippen LogP contribution in [0, 0.1) is 0 Å². The maximum atomic E-state index is 13.0. The minimum absolute atomic E-state index is 0.213. The van der Waals surface area contributed by atoms with Gasteiger partial charge in [-0.15, -0.1) is 0 Å². The van der Waals surface area contributed by atoms with Crippen molar-refractivity contribution < 1.29 is 17.9 Å². The summed E-state index contributed by atoms with van der Waals surface area (Å²) in [5, 5.41) is 2.84. The topological polar surface area (TPSA) is 75.7 Å². The summed E-state index contributed by atoms with van der Waals surface area (Å²) in [6, 6.07) is 21.6. The fourth-order valence-corrected chi connectivity index (χ4v) is 5.62. The molecule has 0 spiro atoms. The monoisotopic (exact) mass is 558 g/mol. The molecule has 0 aliphatic rings. The summed E-state index contributed by atoms with van der Waals surface area (Å²) in [5.74, 6) is 0.144. The number of carbonyl (C=O) groups is 1. The maximum Gasteiger partial charge on any atom is 0.259 e. The highest BCUT2D eigenvalue weighted by atomic mass is 79.9. The Labute approximate surface area is 216 Å². The fourth-order valence-electron chi connectivity index (χ4n) is 3.64. The van der Waals surface area contributed by atoms with Crippen LogP contribution >= 0.6 is 15.9 Å². The summed E-state index contributed by atoms with van der Waals surface area (Å²) in [4.78, 5) is 13.3. The number of benzene rings is 3. The molecule has 0 bridgehead atoms. The Balaban J connectivity index is 1.71. The van der Waals surface area contributed by atoms with Gasteiger partial charge in [-0.2, -0.15) is 4.31 Å². The van der Waals surface area contributed by atoms with Crippen molar-refractivity contribution in [1.82, 2.24) is 4.31 Å². The van der Waals surface area contributed by atoms with E-state index in [0.29, 0.717) is 36.7 Å². The SMILES string of the molecule is CCCN(CCC)S(=O)(=O)c1ccc(NC(=O)c2cc(Br)ccc2OCCc2ccccc2)cc1. The average molecular weight is 560 g/mol. The zero-order valence-electron chi connectivity index (χ0n) is 20.0. The number of sulfonamides is 1. The second-order valence-corrected chi connectivity index (χ2v) is 11.0. The van der Waals surface area contributed by atoms with Gasteiger partial charge in [-0.25, -0.2) is 8.42 Å². The van der Waals surface area contributed by atoms with Crippen LogP contribution in [0.5, 0.6) is 5.75 Å². The molecule has 3 rings (SSSR count). The van der Waals surface area contributed by atoms with Crippen LogP contribution in [0.25, 0.3) is 0 Å². The van der Waals surface area contributed by atoms with Gasteiger partial charge in [0.15, 0.2) is 0 Å². The molecule has 0 saturated carbocycles. The van der Waals surface area contributed by atoms with Crippen LogP contribution in [0.2, 0.25) is 0 Å². The summed E-state index contributed by atoms with van der Waals surface area (Å²) >= 11 is 3.42. The van der Waals surface area contributed by atoms with E-state index in [9.17, 15) is 13.2 Å². The van der Waals surface area contributed by atoms with E-state index in [-0.39, 0.29) is 10.8 Å². The first-order valence-electron chi connectivity index (χ1n) is 11.7. The first kappa shape index (κ1) is 26.9. The molecule has 0 fully saturated rings. The number of ether oxygens (including phenoxy) is 1. The van der Waals surface area contributed by atoms with Gasteiger partial charge in [-0.05, 0) is 60.9 Å². The number of nitrogens with one attached hydrogen (secondary N) is 1. The highest BCUT2D eigenvalue weighted by Crippen LogP contribution is 2.25. The van der Waals surface area contributed by atoms with Crippen molar-refractivity contribution in [1.29, 1.82) is 0 Å². The Hall–Kier alpha value is -2.68. The van der Waals surface area contributed by atoms with Crippen molar-refractivity contribution in [3.63, 3.8) is 0 Å². The molecule has 0 radical (unpaired) electrons. The molecule has 186 valence electrons. The van der Waals surface area contributed by atoms with Crippen LogP contribution in [0.4, 0.5) is 5.69 Å². The molecule has 8 heteroatoms. The van der Waals surface area contributed by atoms with Crippen LogP contribution < -0.4 is 10.1 Å². The summed E-state index contributed by atoms with van der Waals surface area (Å²) in [7, 11) is -3.57. The lowest BCUT2D eigenvalue weighted by molar-refractivity contribution is 0.102. The molecule has 3 aromatic rings. The van der Waals surface area contributed by atoms with Crippen molar-refractivity contribution in [2.75, 3.05) is 25.0 Å². The highest BCUT2D eigenvalue weighted by molar-refractivity contribution is 9.10. The lowest BCUT2D eigenvalue weighted by atomic mass is 10.1. The second-order valence-electron chi connectivity index (χ2n) is 8.11. The van der Waals surface area contributed by atoms with Crippen molar-refractivity contribution in [3.05, 3.63) is 88.4 Å². The van der Waals surface area contributed by atoms with Crippen LogP contribution in [-0.4, -0.2) is 38.3 Å². The predicted octanol–water partition coefficient (Wildman–Crippen LogP) is 6.13. The van der Waals surface area contributed by atoms with Gasteiger partial charge in [0.25, 0.3) is 5.91 Å². The first-order chi connectivity index (χ1) is 16.8. The van der Waals surface area contributed by atoms with Crippen LogP contribution in [-0.2, 0) is 16.4 Å². The molecule has 0 aliphatic heterocycles. The number of anilines is 1. The molecule has 3 aromatic carbocycles. The molecule has 0 saturated heterocycles. The van der Waals surface area contributed by atoms with Gasteiger partial charge in [0.05, 0.1) is 17.1 Å². The fraction of sp³-hybridized carbons (Fsp3) is 0.296. The van der Waals surface area contributed by atoms with E-state index in [1.165, 1.54) is 16.4 Å². The second kappa shape index (κ2) is 12.9. The Morgan fingerprint density at radius 3 is 2.23 bits per heavy atom. The van der Waals surface area contributed by atoms with E-state index < -0.39 is 10.0 Å². The third-order valence-electron chi connectivity index (χ3n) is 5.37. The molecule has 0 heterocycles. The third kappa shape index (κ3) is 7.40. The normalized spacial score (nSPS) is 11.4. The Morgan fingerprint density at radius 2 is 1.60 bits per heavy atom. The summed E-state index contributed by atoms with van der Waals surface area (Å²) in [6.45, 7) is 5.30. The predicted molar refractivity (Wildman–Crippen MR) is 144 cm³/mol. The lowest BCUT2D eigenvalue weighted by Gasteiger charge is -2.21. The van der Waals surface area contributed by atoms with Crippen molar-refractivity contribution >= 4 is 37.5 Å². The molecule has 0 atom stereocenters. The van der Waals surface area contributed by atoms with Crippen molar-refractivity contribution in [3.8, 4) is 5.75 Å². The summed E-state index contributed by atoms with van der Waals surface area (Å²) in [6.07, 6.45) is 2.21. The van der Waals surface area contributed by atoms with E-state index in [1.807, 2.05) is 50.2 Å². The van der Waals surface area contributed by atoms with Gasteiger partial charge < -0.3 is 10.1 Å². The van der Waals surface area contributed by atoms with Gasteiger partial charge in [0.2, 0.25) is 10.0 Å². The zero-order valence-corrected chi connectivity index (χ0v) is 22.4. The van der Waals surface area contributed by atoms with E-state index in [0.717, 1.165) is 29.3 Å². The van der Waals surface area contributed by atoms with Gasteiger partial charge >= 0.3 is 0 Å². The Kier molecular flexibility index (Phi) is 9.89. The summed E-state index contributed by atoms with van der Waals surface area (Å²) < 4.78 is 34.1. The van der Waals surface area contributed by atoms with Crippen molar-refractivity contribution in [2.24, 2.45) is 0 Å². The Bertz CT molecular complexity index is 1210. The average Bonchev–Trinajstić information content (AvgIpc) is 2.85. The van der Waals surface area contributed by atoms with Gasteiger partial charge in [-0.1, -0.05) is 60.1 Å². The number of amides is 1. The van der Waals surface area contributed by atoms with E-state index in [2.05, 4.69) is 21.2 Å². The first-order valence-corrected chi connectivity index (χ1v) is 14.0. The maximum absolute atomic E-state index is 13.0. The van der Waals surface area contributed by atoms with Gasteiger partial charge in [0.1, 0.15) is 5.75 Å². The standard InChI is InChI=1S/C27H31BrN2O4S/c1-3-17-30(18-4-2)35(32,33)24-13-11-23(12-14-24)29-27(31)25-20-22(28)10-15-26(25)34-19-16-21-8-6-5-7-9-21/h5-15,20H,3-4,16-19H2,1-2H3,(H,29,31). The van der Waals surface area contributed by atoms with Gasteiger partial charge in [-0.3, -0.25) is 4.79 Å². The highest BCUT2D eigenvalue weighted by Gasteiger charge is 2.23. The molecular formula is C27H31BrN2O4S. The molecule has 1 N–H and O–H groups in total. The van der Waals surface area contributed by atoms with Gasteiger partial charge in [0, 0.05) is 29.7 Å². The minimum Gasteiger partial charge on any atom is -0.492 e. The molecule has 0 aliphatic carbocycles. The Morgan fingerprint density at radius 1 is 0.943 bits per heavy atom. The zero-order chi connectivity index (χ0) is 25.3. The van der Waals surface area contributed by atoms with Crippen LogP contribution in [0.3, 0.4) is 0 Å². The number of halogens is 1. The molecule has 6 nitrogen and oxygen atoms in total. The molecule has 0 unspecified atom stereocenters. The van der Waals surface area contributed by atoms with E-state index >= 15 is 0 Å². The number of hydrogen-bond donors (Lipinski definition) is 1. The number of hydrogen-bond acceptors (Lipinski definition) is 4. The smallest absolute Gasteiger partial charge is 0.259 e. The number of carbonyl (C=O) groups excluding carboxylic acids is 1. The van der Waals surface area contributed by atoms with Crippen LogP contribution in [0.1, 0.15) is 42.6 Å². The molecular weight excluding hydrogens is 528 g/mol.